The molecule has 118 valence electrons. The molecular weight excluding hydrogens is 300 g/mol. The van der Waals surface area contributed by atoms with Gasteiger partial charge in [0, 0.05) is 19.3 Å². The standard InChI is InChI=1S/C15H20N4O2S/c1-8-12(22-10(17-8)6-21-4)13-18-9-5-15(2,3)7-16-14(20)11(9)19-13/h5-7H2,1-4H3,(H,16,20)(H,18,19). The van der Waals surface area contributed by atoms with E-state index < -0.39 is 0 Å². The lowest BCUT2D eigenvalue weighted by atomic mass is 9.88. The Hall–Kier alpha value is -1.73. The van der Waals surface area contributed by atoms with E-state index in [4.69, 9.17) is 4.74 Å². The number of methoxy groups -OCH3 is 1. The number of hydrogen-bond acceptors (Lipinski definition) is 5. The van der Waals surface area contributed by atoms with E-state index in [1.807, 2.05) is 6.92 Å². The maximum Gasteiger partial charge on any atom is 0.271 e. The van der Waals surface area contributed by atoms with Crippen LogP contribution >= 0.6 is 11.3 Å². The Balaban J connectivity index is 2.01. The van der Waals surface area contributed by atoms with Crippen LogP contribution in [0.5, 0.6) is 0 Å². The number of carbonyl (C=O) groups excluding carboxylic acids is 1. The van der Waals surface area contributed by atoms with Gasteiger partial charge in [0.2, 0.25) is 0 Å². The first-order valence-corrected chi connectivity index (χ1v) is 8.04. The van der Waals surface area contributed by atoms with Gasteiger partial charge in [0.05, 0.1) is 17.2 Å². The Morgan fingerprint density at radius 2 is 2.14 bits per heavy atom. The van der Waals surface area contributed by atoms with E-state index in [0.29, 0.717) is 18.8 Å². The van der Waals surface area contributed by atoms with Gasteiger partial charge in [0.25, 0.3) is 5.91 Å². The number of rotatable bonds is 3. The third-order valence-electron chi connectivity index (χ3n) is 3.70. The van der Waals surface area contributed by atoms with Crippen LogP contribution in [0, 0.1) is 12.3 Å². The lowest BCUT2D eigenvalue weighted by Gasteiger charge is -2.21. The quantitative estimate of drug-likeness (QED) is 0.909. The molecule has 1 amide bonds. The van der Waals surface area contributed by atoms with E-state index in [0.717, 1.165) is 33.5 Å². The highest BCUT2D eigenvalue weighted by atomic mass is 32.1. The smallest absolute Gasteiger partial charge is 0.271 e. The van der Waals surface area contributed by atoms with Crippen molar-refractivity contribution >= 4 is 17.2 Å². The monoisotopic (exact) mass is 320 g/mol. The number of amides is 1. The molecule has 7 heteroatoms. The van der Waals surface area contributed by atoms with Crippen LogP contribution in [0.15, 0.2) is 0 Å². The highest BCUT2D eigenvalue weighted by molar-refractivity contribution is 7.15. The van der Waals surface area contributed by atoms with Gasteiger partial charge in [-0.25, -0.2) is 9.97 Å². The normalized spacial score (nSPS) is 17.0. The minimum atomic E-state index is -0.109. The molecule has 2 N–H and O–H groups in total. The summed E-state index contributed by atoms with van der Waals surface area (Å²) in [7, 11) is 1.65. The molecule has 2 aromatic heterocycles. The topological polar surface area (TPSA) is 79.9 Å². The minimum Gasteiger partial charge on any atom is -0.378 e. The van der Waals surface area contributed by atoms with Gasteiger partial charge in [0.1, 0.15) is 10.7 Å². The number of carbonyl (C=O) groups is 1. The minimum absolute atomic E-state index is 0.00860. The predicted octanol–water partition coefficient (Wildman–Crippen LogP) is 2.30. The van der Waals surface area contributed by atoms with Crippen molar-refractivity contribution in [3.05, 3.63) is 22.1 Å². The lowest BCUT2D eigenvalue weighted by molar-refractivity contribution is 0.0940. The SMILES string of the molecule is COCc1nc(C)c(-c2nc3c([nH]2)CC(C)(C)CNC3=O)s1. The van der Waals surface area contributed by atoms with Gasteiger partial charge < -0.3 is 15.0 Å². The Kier molecular flexibility index (Phi) is 3.78. The first kappa shape index (κ1) is 15.2. The first-order chi connectivity index (χ1) is 10.4. The molecule has 0 bridgehead atoms. The van der Waals surface area contributed by atoms with Crippen LogP contribution < -0.4 is 5.32 Å². The second-order valence-corrected chi connectivity index (χ2v) is 7.48. The summed E-state index contributed by atoms with van der Waals surface area (Å²) in [6.45, 7) is 7.36. The van der Waals surface area contributed by atoms with Crippen molar-refractivity contribution in [1.82, 2.24) is 20.3 Å². The number of nitrogens with zero attached hydrogens (tertiary/aromatic N) is 2. The summed E-state index contributed by atoms with van der Waals surface area (Å²) < 4.78 is 5.13. The predicted molar refractivity (Wildman–Crippen MR) is 85.0 cm³/mol. The molecule has 3 rings (SSSR count). The highest BCUT2D eigenvalue weighted by Crippen LogP contribution is 2.32. The zero-order valence-corrected chi connectivity index (χ0v) is 14.1. The van der Waals surface area contributed by atoms with Crippen molar-refractivity contribution in [3.8, 4) is 10.7 Å². The van der Waals surface area contributed by atoms with Crippen LogP contribution in [0.3, 0.4) is 0 Å². The molecule has 6 nitrogen and oxygen atoms in total. The molecule has 0 saturated heterocycles. The number of ether oxygens (including phenoxy) is 1. The van der Waals surface area contributed by atoms with E-state index in [2.05, 4.69) is 34.1 Å². The molecule has 3 heterocycles. The third kappa shape index (κ3) is 2.78. The number of nitrogens with one attached hydrogen (secondary N) is 2. The van der Waals surface area contributed by atoms with Gasteiger partial charge in [-0.2, -0.15) is 0 Å². The van der Waals surface area contributed by atoms with Crippen LogP contribution in [-0.2, 0) is 17.8 Å². The molecule has 0 fully saturated rings. The van der Waals surface area contributed by atoms with Crippen LogP contribution in [0.25, 0.3) is 10.7 Å². The van der Waals surface area contributed by atoms with Crippen LogP contribution in [0.1, 0.15) is 40.7 Å². The molecule has 0 saturated carbocycles. The fraction of sp³-hybridized carbons (Fsp3) is 0.533. The van der Waals surface area contributed by atoms with Gasteiger partial charge in [-0.1, -0.05) is 13.8 Å². The fourth-order valence-corrected chi connectivity index (χ4v) is 3.62. The van der Waals surface area contributed by atoms with Gasteiger partial charge in [-0.3, -0.25) is 4.79 Å². The largest absolute Gasteiger partial charge is 0.378 e. The number of aromatic nitrogens is 3. The van der Waals surface area contributed by atoms with E-state index in [1.165, 1.54) is 0 Å². The zero-order chi connectivity index (χ0) is 15.9. The van der Waals surface area contributed by atoms with Crippen molar-refractivity contribution in [3.63, 3.8) is 0 Å². The maximum absolute atomic E-state index is 12.2. The Bertz CT molecular complexity index is 717. The van der Waals surface area contributed by atoms with Gasteiger partial charge >= 0.3 is 0 Å². The lowest BCUT2D eigenvalue weighted by Crippen LogP contribution is -2.32. The number of thiazole rings is 1. The second-order valence-electron chi connectivity index (χ2n) is 6.39. The number of H-pyrrole nitrogens is 1. The van der Waals surface area contributed by atoms with Crippen molar-refractivity contribution in [2.45, 2.75) is 33.8 Å². The van der Waals surface area contributed by atoms with E-state index in [-0.39, 0.29) is 11.3 Å². The fourth-order valence-electron chi connectivity index (χ4n) is 2.63. The summed E-state index contributed by atoms with van der Waals surface area (Å²) >= 11 is 1.55. The van der Waals surface area contributed by atoms with Crippen LogP contribution in [-0.4, -0.2) is 34.5 Å². The molecule has 0 aromatic carbocycles. The molecule has 22 heavy (non-hydrogen) atoms. The average Bonchev–Trinajstić information content (AvgIpc) is 2.97. The molecule has 2 aromatic rings. The molecule has 0 spiro atoms. The van der Waals surface area contributed by atoms with Crippen molar-refractivity contribution in [1.29, 1.82) is 0 Å². The third-order valence-corrected chi connectivity index (χ3v) is 4.84. The van der Waals surface area contributed by atoms with E-state index in [9.17, 15) is 4.79 Å². The number of aromatic amines is 1. The Morgan fingerprint density at radius 3 is 2.86 bits per heavy atom. The van der Waals surface area contributed by atoms with Crippen molar-refractivity contribution in [2.75, 3.05) is 13.7 Å². The number of imidazole rings is 1. The van der Waals surface area contributed by atoms with Gasteiger partial charge in [0.15, 0.2) is 5.82 Å². The van der Waals surface area contributed by atoms with Gasteiger partial charge in [-0.15, -0.1) is 11.3 Å². The van der Waals surface area contributed by atoms with Crippen molar-refractivity contribution in [2.24, 2.45) is 5.41 Å². The molecule has 0 radical (unpaired) electrons. The molecular formula is C15H20N4O2S. The number of aryl methyl sites for hydroxylation is 1. The van der Waals surface area contributed by atoms with Crippen LogP contribution in [0.2, 0.25) is 0 Å². The Labute approximate surface area is 133 Å². The first-order valence-electron chi connectivity index (χ1n) is 7.22. The summed E-state index contributed by atoms with van der Waals surface area (Å²) in [4.78, 5) is 25.5. The summed E-state index contributed by atoms with van der Waals surface area (Å²) in [6.07, 6.45) is 0.789. The Morgan fingerprint density at radius 1 is 1.36 bits per heavy atom. The molecule has 1 aliphatic rings. The molecule has 0 atom stereocenters. The van der Waals surface area contributed by atoms with Gasteiger partial charge in [-0.05, 0) is 18.8 Å². The summed E-state index contributed by atoms with van der Waals surface area (Å²) in [5, 5.41) is 3.85. The molecule has 0 unspecified atom stereocenters. The van der Waals surface area contributed by atoms with Crippen LogP contribution in [0.4, 0.5) is 0 Å². The average molecular weight is 320 g/mol. The van der Waals surface area contributed by atoms with E-state index in [1.54, 1.807) is 18.4 Å². The number of hydrogen-bond donors (Lipinski definition) is 2. The zero-order valence-electron chi connectivity index (χ0n) is 13.2. The second kappa shape index (κ2) is 5.48. The summed E-state index contributed by atoms with van der Waals surface area (Å²) in [6, 6.07) is 0. The summed E-state index contributed by atoms with van der Waals surface area (Å²) in [5.74, 6) is 0.609. The summed E-state index contributed by atoms with van der Waals surface area (Å²) in [5.41, 5.74) is 2.31. The molecule has 0 aliphatic carbocycles. The maximum atomic E-state index is 12.2. The van der Waals surface area contributed by atoms with Crippen molar-refractivity contribution < 1.29 is 9.53 Å². The molecule has 1 aliphatic heterocycles. The van der Waals surface area contributed by atoms with E-state index >= 15 is 0 Å². The number of fused-ring (bicyclic) bond motifs is 1. The highest BCUT2D eigenvalue weighted by Gasteiger charge is 2.30.